The van der Waals surface area contributed by atoms with Gasteiger partial charge in [0.1, 0.15) is 0 Å². The van der Waals surface area contributed by atoms with Crippen LogP contribution < -0.4 is 11.1 Å². The van der Waals surface area contributed by atoms with Crippen LogP contribution in [0.25, 0.3) is 0 Å². The number of carbonyl (C=O) groups excluding carboxylic acids is 1. The molecule has 2 radical (unpaired) electrons. The molecule has 0 fully saturated rings. The molecule has 0 saturated carbocycles. The standard InChI is InChI=1S/C17H24N4O2SSi/c1-10-9-24-15(19-10)21-14(22)13-11(18)7-8-12(20-13)17(5,6)23-25-16(2,3)4/h7-9H,18H2,1-6H3,(H,19,21,22). The van der Waals surface area contributed by atoms with Gasteiger partial charge in [0.2, 0.25) is 9.76 Å². The Kier molecular flexibility index (Phi) is 5.65. The van der Waals surface area contributed by atoms with Crippen molar-refractivity contribution in [1.29, 1.82) is 0 Å². The van der Waals surface area contributed by atoms with Gasteiger partial charge in [0.25, 0.3) is 5.91 Å². The molecule has 134 valence electrons. The van der Waals surface area contributed by atoms with Crippen molar-refractivity contribution in [3.8, 4) is 0 Å². The van der Waals surface area contributed by atoms with E-state index in [1.54, 1.807) is 12.1 Å². The van der Waals surface area contributed by atoms with Crippen molar-refractivity contribution in [2.45, 2.75) is 52.2 Å². The number of rotatable bonds is 5. The minimum Gasteiger partial charge on any atom is -0.406 e. The SMILES string of the molecule is Cc1csc(NC(=O)c2nc(C(C)(C)O[Si]C(C)(C)C)ccc2N)n1. The highest BCUT2D eigenvalue weighted by Crippen LogP contribution is 2.29. The number of amides is 1. The first-order valence-electron chi connectivity index (χ1n) is 7.93. The zero-order chi connectivity index (χ0) is 18.8. The summed E-state index contributed by atoms with van der Waals surface area (Å²) in [6.07, 6.45) is 0. The molecule has 0 aromatic carbocycles. The van der Waals surface area contributed by atoms with Crippen molar-refractivity contribution < 1.29 is 9.22 Å². The topological polar surface area (TPSA) is 90.1 Å². The van der Waals surface area contributed by atoms with E-state index in [2.05, 4.69) is 36.1 Å². The molecule has 6 nitrogen and oxygen atoms in total. The van der Waals surface area contributed by atoms with Crippen LogP contribution in [0.1, 0.15) is 56.5 Å². The van der Waals surface area contributed by atoms with Gasteiger partial charge in [-0.05, 0) is 37.9 Å². The third-order valence-corrected chi connectivity index (χ3v) is 5.31. The van der Waals surface area contributed by atoms with E-state index in [4.69, 9.17) is 10.2 Å². The minimum absolute atomic E-state index is 0.0635. The van der Waals surface area contributed by atoms with Gasteiger partial charge < -0.3 is 10.2 Å². The van der Waals surface area contributed by atoms with Gasteiger partial charge in [-0.15, -0.1) is 11.3 Å². The van der Waals surface area contributed by atoms with Gasteiger partial charge in [0.15, 0.2) is 10.8 Å². The van der Waals surface area contributed by atoms with E-state index in [0.717, 1.165) is 5.69 Å². The van der Waals surface area contributed by atoms with Crippen molar-refractivity contribution >= 4 is 37.8 Å². The number of nitrogens with zero attached hydrogens (tertiary/aromatic N) is 2. The Morgan fingerprint density at radius 1 is 1.24 bits per heavy atom. The number of aromatic nitrogens is 2. The van der Waals surface area contributed by atoms with E-state index in [0.29, 0.717) is 26.3 Å². The molecule has 0 atom stereocenters. The number of hydrogen-bond donors (Lipinski definition) is 2. The van der Waals surface area contributed by atoms with Crippen LogP contribution in [-0.4, -0.2) is 25.6 Å². The molecule has 0 spiro atoms. The van der Waals surface area contributed by atoms with E-state index in [-0.39, 0.29) is 16.6 Å². The van der Waals surface area contributed by atoms with Crippen LogP contribution in [0, 0.1) is 6.92 Å². The number of nitrogen functional groups attached to an aromatic ring is 1. The lowest BCUT2D eigenvalue weighted by Gasteiger charge is -2.29. The Hall–Kier alpha value is -1.77. The van der Waals surface area contributed by atoms with E-state index in [1.807, 2.05) is 26.2 Å². The first-order chi connectivity index (χ1) is 11.5. The fraction of sp³-hybridized carbons (Fsp3) is 0.471. The second-order valence-electron chi connectivity index (χ2n) is 7.35. The Morgan fingerprint density at radius 3 is 2.48 bits per heavy atom. The Balaban J connectivity index is 2.22. The molecule has 0 bridgehead atoms. The molecule has 2 heterocycles. The van der Waals surface area contributed by atoms with Gasteiger partial charge >= 0.3 is 0 Å². The zero-order valence-electron chi connectivity index (χ0n) is 15.4. The van der Waals surface area contributed by atoms with Crippen molar-refractivity contribution in [3.05, 3.63) is 34.6 Å². The third kappa shape index (κ3) is 5.35. The van der Waals surface area contributed by atoms with Crippen LogP contribution in [0.2, 0.25) is 5.04 Å². The summed E-state index contributed by atoms with van der Waals surface area (Å²) in [5.41, 5.74) is 7.36. The number of anilines is 2. The summed E-state index contributed by atoms with van der Waals surface area (Å²) in [6.45, 7) is 12.1. The summed E-state index contributed by atoms with van der Waals surface area (Å²) in [5.74, 6) is -0.372. The molecule has 8 heteroatoms. The number of nitrogens with one attached hydrogen (secondary N) is 1. The first-order valence-corrected chi connectivity index (χ1v) is 9.72. The maximum absolute atomic E-state index is 12.5. The molecule has 0 aliphatic carbocycles. The van der Waals surface area contributed by atoms with Gasteiger partial charge in [-0.2, -0.15) is 0 Å². The number of carbonyl (C=O) groups is 1. The Bertz CT molecular complexity index is 768. The quantitative estimate of drug-likeness (QED) is 0.775. The van der Waals surface area contributed by atoms with Crippen molar-refractivity contribution in [2.75, 3.05) is 11.1 Å². The molecule has 2 aromatic heterocycles. The average Bonchev–Trinajstić information content (AvgIpc) is 2.90. The van der Waals surface area contributed by atoms with Gasteiger partial charge in [0, 0.05) is 5.38 Å². The van der Waals surface area contributed by atoms with Crippen LogP contribution in [0.4, 0.5) is 10.8 Å². The predicted octanol–water partition coefficient (Wildman–Crippen LogP) is 3.77. The molecule has 0 aliphatic rings. The summed E-state index contributed by atoms with van der Waals surface area (Å²) in [7, 11) is 0.307. The van der Waals surface area contributed by atoms with Crippen molar-refractivity contribution in [3.63, 3.8) is 0 Å². The van der Waals surface area contributed by atoms with E-state index in [9.17, 15) is 4.79 Å². The lowest BCUT2D eigenvalue weighted by Crippen LogP contribution is -2.29. The number of pyridine rings is 1. The molecule has 1 amide bonds. The fourth-order valence-corrected chi connectivity index (χ4v) is 3.24. The molecule has 2 aromatic rings. The maximum atomic E-state index is 12.5. The molecule has 0 aliphatic heterocycles. The van der Waals surface area contributed by atoms with Crippen LogP contribution in [-0.2, 0) is 10.0 Å². The lowest BCUT2D eigenvalue weighted by atomic mass is 10.0. The Labute approximate surface area is 155 Å². The molecule has 2 rings (SSSR count). The van der Waals surface area contributed by atoms with Gasteiger partial charge in [-0.25, -0.2) is 9.97 Å². The summed E-state index contributed by atoms with van der Waals surface area (Å²) in [4.78, 5) is 21.2. The lowest BCUT2D eigenvalue weighted by molar-refractivity contribution is 0.0997. The maximum Gasteiger partial charge on any atom is 0.278 e. The van der Waals surface area contributed by atoms with Gasteiger partial charge in [-0.1, -0.05) is 20.8 Å². The summed E-state index contributed by atoms with van der Waals surface area (Å²) in [5, 5.41) is 5.20. The zero-order valence-corrected chi connectivity index (χ0v) is 17.2. The highest BCUT2D eigenvalue weighted by molar-refractivity contribution is 7.13. The van der Waals surface area contributed by atoms with Gasteiger partial charge in [0.05, 0.1) is 22.7 Å². The molecule has 25 heavy (non-hydrogen) atoms. The van der Waals surface area contributed by atoms with Crippen molar-refractivity contribution in [2.24, 2.45) is 0 Å². The number of hydrogen-bond acceptors (Lipinski definition) is 6. The monoisotopic (exact) mass is 376 g/mol. The number of nitrogens with two attached hydrogens (primary N) is 1. The second kappa shape index (κ2) is 7.23. The minimum atomic E-state index is -0.619. The van der Waals surface area contributed by atoms with E-state index < -0.39 is 5.60 Å². The second-order valence-corrected chi connectivity index (χ2v) is 10.1. The Morgan fingerprint density at radius 2 is 1.92 bits per heavy atom. The first kappa shape index (κ1) is 19.6. The highest BCUT2D eigenvalue weighted by Gasteiger charge is 2.28. The largest absolute Gasteiger partial charge is 0.406 e. The average molecular weight is 377 g/mol. The smallest absolute Gasteiger partial charge is 0.278 e. The van der Waals surface area contributed by atoms with E-state index >= 15 is 0 Å². The summed E-state index contributed by atoms with van der Waals surface area (Å²) in [6, 6.07) is 3.49. The van der Waals surface area contributed by atoms with Crippen LogP contribution in [0.5, 0.6) is 0 Å². The van der Waals surface area contributed by atoms with Gasteiger partial charge in [-0.3, -0.25) is 10.1 Å². The van der Waals surface area contributed by atoms with Crippen LogP contribution >= 0.6 is 11.3 Å². The molecule has 3 N–H and O–H groups in total. The van der Waals surface area contributed by atoms with Crippen molar-refractivity contribution in [1.82, 2.24) is 9.97 Å². The molecule has 0 unspecified atom stereocenters. The molecular formula is C17H24N4O2SSi. The predicted molar refractivity (Wildman–Crippen MR) is 103 cm³/mol. The summed E-state index contributed by atoms with van der Waals surface area (Å²) >= 11 is 1.36. The number of thiazole rings is 1. The highest BCUT2D eigenvalue weighted by atomic mass is 32.1. The number of aryl methyl sites for hydroxylation is 1. The molecular weight excluding hydrogens is 352 g/mol. The third-order valence-electron chi connectivity index (χ3n) is 3.21. The summed E-state index contributed by atoms with van der Waals surface area (Å²) < 4.78 is 6.06. The fourth-order valence-electron chi connectivity index (χ4n) is 1.89. The van der Waals surface area contributed by atoms with E-state index in [1.165, 1.54) is 11.3 Å². The normalized spacial score (nSPS) is 12.2. The molecule has 0 saturated heterocycles. The van der Waals surface area contributed by atoms with Crippen LogP contribution in [0.15, 0.2) is 17.5 Å². The van der Waals surface area contributed by atoms with Crippen LogP contribution in [0.3, 0.4) is 0 Å².